The minimum Gasteiger partial charge on any atom is -0.467 e. The van der Waals surface area contributed by atoms with E-state index in [1.54, 1.807) is 18.5 Å². The van der Waals surface area contributed by atoms with Crippen LogP contribution >= 0.6 is 35.6 Å². The van der Waals surface area contributed by atoms with Gasteiger partial charge < -0.3 is 15.1 Å². The highest BCUT2D eigenvalue weighted by Gasteiger charge is 2.00. The van der Waals surface area contributed by atoms with Crippen molar-refractivity contribution in [2.45, 2.75) is 19.9 Å². The number of hydrogen-bond acceptors (Lipinski definition) is 3. The van der Waals surface area contributed by atoms with E-state index in [1.807, 2.05) is 25.1 Å². The van der Waals surface area contributed by atoms with Gasteiger partial charge in [0.25, 0.3) is 0 Å². The van der Waals surface area contributed by atoms with Gasteiger partial charge in [-0.2, -0.15) is 0 Å². The molecule has 0 aliphatic heterocycles. The Labute approximate surface area is 152 Å². The third-order valence-electron chi connectivity index (χ3n) is 2.81. The molecule has 2 heterocycles. The van der Waals surface area contributed by atoms with Gasteiger partial charge in [0.15, 0.2) is 5.96 Å². The highest BCUT2D eigenvalue weighted by molar-refractivity contribution is 14.0. The fourth-order valence-corrected chi connectivity index (χ4v) is 1.89. The summed E-state index contributed by atoms with van der Waals surface area (Å²) < 4.78 is 5.26. The molecule has 2 rings (SSSR count). The highest BCUT2D eigenvalue weighted by Crippen LogP contribution is 2.05. The van der Waals surface area contributed by atoms with Crippen LogP contribution in [0.3, 0.4) is 0 Å². The van der Waals surface area contributed by atoms with Crippen LogP contribution in [0.15, 0.2) is 46.1 Å². The van der Waals surface area contributed by atoms with E-state index in [0.29, 0.717) is 11.7 Å². The summed E-state index contributed by atoms with van der Waals surface area (Å²) in [4.78, 5) is 8.53. The van der Waals surface area contributed by atoms with Gasteiger partial charge in [-0.1, -0.05) is 17.7 Å². The minimum absolute atomic E-state index is 0. The molecule has 2 aromatic rings. The Balaban J connectivity index is 0.00000242. The van der Waals surface area contributed by atoms with Gasteiger partial charge in [-0.25, -0.2) is 9.98 Å². The van der Waals surface area contributed by atoms with Crippen molar-refractivity contribution < 1.29 is 4.42 Å². The SMILES string of the molecule is CCNC(=NCc1ccco1)NCCc1ccc(Cl)nc1.I. The van der Waals surface area contributed by atoms with E-state index in [-0.39, 0.29) is 24.0 Å². The Bertz CT molecular complexity index is 557. The zero-order valence-corrected chi connectivity index (χ0v) is 15.5. The van der Waals surface area contributed by atoms with Crippen LogP contribution in [0.5, 0.6) is 0 Å². The number of hydrogen-bond donors (Lipinski definition) is 2. The minimum atomic E-state index is 0. The fourth-order valence-electron chi connectivity index (χ4n) is 1.78. The Morgan fingerprint density at radius 3 is 2.82 bits per heavy atom. The van der Waals surface area contributed by atoms with Crippen molar-refractivity contribution in [2.24, 2.45) is 4.99 Å². The van der Waals surface area contributed by atoms with E-state index in [1.165, 1.54) is 0 Å². The van der Waals surface area contributed by atoms with E-state index in [2.05, 4.69) is 20.6 Å². The van der Waals surface area contributed by atoms with Gasteiger partial charge in [0.2, 0.25) is 0 Å². The van der Waals surface area contributed by atoms with Gasteiger partial charge in [0.1, 0.15) is 17.5 Å². The first kappa shape index (κ1) is 18.8. The number of nitrogens with one attached hydrogen (secondary N) is 2. The smallest absolute Gasteiger partial charge is 0.191 e. The highest BCUT2D eigenvalue weighted by atomic mass is 127. The Kier molecular flexibility index (Phi) is 8.91. The van der Waals surface area contributed by atoms with Gasteiger partial charge in [-0.15, -0.1) is 24.0 Å². The molecule has 0 aliphatic carbocycles. The molecule has 0 unspecified atom stereocenters. The lowest BCUT2D eigenvalue weighted by Crippen LogP contribution is -2.38. The number of rotatable bonds is 6. The summed E-state index contributed by atoms with van der Waals surface area (Å²) in [6.07, 6.45) is 4.30. The van der Waals surface area contributed by atoms with Crippen molar-refractivity contribution >= 4 is 41.5 Å². The summed E-state index contributed by atoms with van der Waals surface area (Å²) in [5.41, 5.74) is 1.13. The molecule has 5 nitrogen and oxygen atoms in total. The summed E-state index contributed by atoms with van der Waals surface area (Å²) in [7, 11) is 0. The number of guanidine groups is 1. The van der Waals surface area contributed by atoms with Gasteiger partial charge >= 0.3 is 0 Å². The second-order valence-electron chi connectivity index (χ2n) is 4.44. The van der Waals surface area contributed by atoms with Crippen LogP contribution in [0, 0.1) is 0 Å². The van der Waals surface area contributed by atoms with Gasteiger partial charge in [-0.3, -0.25) is 0 Å². The van der Waals surface area contributed by atoms with Gasteiger partial charge in [0, 0.05) is 19.3 Å². The van der Waals surface area contributed by atoms with Crippen LogP contribution in [-0.2, 0) is 13.0 Å². The number of aromatic nitrogens is 1. The van der Waals surface area contributed by atoms with Crippen LogP contribution in [0.4, 0.5) is 0 Å². The first-order valence-corrected chi connectivity index (χ1v) is 7.30. The predicted octanol–water partition coefficient (Wildman–Crippen LogP) is 3.24. The lowest BCUT2D eigenvalue weighted by molar-refractivity contribution is 0.512. The second-order valence-corrected chi connectivity index (χ2v) is 4.83. The molecular weight excluding hydrogens is 415 g/mol. The number of nitrogens with zero attached hydrogens (tertiary/aromatic N) is 2. The van der Waals surface area contributed by atoms with E-state index in [4.69, 9.17) is 16.0 Å². The lowest BCUT2D eigenvalue weighted by atomic mass is 10.2. The molecule has 7 heteroatoms. The van der Waals surface area contributed by atoms with Crippen LogP contribution in [0.25, 0.3) is 0 Å². The van der Waals surface area contributed by atoms with Crippen molar-refractivity contribution in [3.63, 3.8) is 0 Å². The molecule has 2 aromatic heterocycles. The molecule has 2 N–H and O–H groups in total. The predicted molar refractivity (Wildman–Crippen MR) is 99.9 cm³/mol. The quantitative estimate of drug-likeness (QED) is 0.317. The van der Waals surface area contributed by atoms with Gasteiger partial charge in [0.05, 0.1) is 6.26 Å². The van der Waals surface area contributed by atoms with Crippen molar-refractivity contribution in [2.75, 3.05) is 13.1 Å². The summed E-state index contributed by atoms with van der Waals surface area (Å²) in [6.45, 7) is 4.14. The second kappa shape index (κ2) is 10.4. The molecule has 0 amide bonds. The average molecular weight is 435 g/mol. The molecule has 0 fully saturated rings. The Morgan fingerprint density at radius 1 is 1.32 bits per heavy atom. The monoisotopic (exact) mass is 434 g/mol. The lowest BCUT2D eigenvalue weighted by Gasteiger charge is -2.10. The summed E-state index contributed by atoms with van der Waals surface area (Å²) >= 11 is 5.76. The van der Waals surface area contributed by atoms with E-state index in [9.17, 15) is 0 Å². The number of halogens is 2. The summed E-state index contributed by atoms with van der Waals surface area (Å²) in [6, 6.07) is 7.54. The van der Waals surface area contributed by atoms with Crippen molar-refractivity contribution in [1.29, 1.82) is 0 Å². The Hall–Kier alpha value is -1.28. The van der Waals surface area contributed by atoms with E-state index < -0.39 is 0 Å². The topological polar surface area (TPSA) is 62.5 Å². The maximum Gasteiger partial charge on any atom is 0.191 e. The molecule has 0 spiro atoms. The zero-order valence-electron chi connectivity index (χ0n) is 12.4. The summed E-state index contributed by atoms with van der Waals surface area (Å²) in [5, 5.41) is 7.00. The molecule has 0 saturated heterocycles. The molecule has 0 atom stereocenters. The number of furan rings is 1. The summed E-state index contributed by atoms with van der Waals surface area (Å²) in [5.74, 6) is 1.62. The Morgan fingerprint density at radius 2 is 2.18 bits per heavy atom. The maximum atomic E-state index is 5.76. The van der Waals surface area contributed by atoms with Gasteiger partial charge in [-0.05, 0) is 37.1 Å². The number of aliphatic imine (C=N–C) groups is 1. The largest absolute Gasteiger partial charge is 0.467 e. The maximum absolute atomic E-state index is 5.76. The molecular formula is C15H20ClIN4O. The van der Waals surface area contributed by atoms with E-state index in [0.717, 1.165) is 36.8 Å². The standard InChI is InChI=1S/C15H19ClN4O.HI/c1-2-17-15(20-11-13-4-3-9-21-13)18-8-7-12-5-6-14(16)19-10-12;/h3-6,9-10H,2,7-8,11H2,1H3,(H2,17,18,20);1H. The van der Waals surface area contributed by atoms with Crippen molar-refractivity contribution in [3.8, 4) is 0 Å². The van der Waals surface area contributed by atoms with Crippen LogP contribution in [0.1, 0.15) is 18.2 Å². The third kappa shape index (κ3) is 6.65. The number of pyridine rings is 1. The first-order valence-electron chi connectivity index (χ1n) is 6.93. The fraction of sp³-hybridized carbons (Fsp3) is 0.333. The van der Waals surface area contributed by atoms with Crippen LogP contribution in [-0.4, -0.2) is 24.0 Å². The average Bonchev–Trinajstić information content (AvgIpc) is 3.00. The van der Waals surface area contributed by atoms with Crippen LogP contribution < -0.4 is 10.6 Å². The molecule has 0 bridgehead atoms. The third-order valence-corrected chi connectivity index (χ3v) is 3.04. The molecule has 0 aromatic carbocycles. The van der Waals surface area contributed by atoms with Crippen molar-refractivity contribution in [1.82, 2.24) is 15.6 Å². The first-order chi connectivity index (χ1) is 10.3. The molecule has 0 saturated carbocycles. The normalized spacial score (nSPS) is 10.9. The molecule has 0 radical (unpaired) electrons. The van der Waals surface area contributed by atoms with E-state index >= 15 is 0 Å². The molecule has 0 aliphatic rings. The van der Waals surface area contributed by atoms with Crippen molar-refractivity contribution in [3.05, 3.63) is 53.2 Å². The van der Waals surface area contributed by atoms with Crippen LogP contribution in [0.2, 0.25) is 5.15 Å². The molecule has 120 valence electrons. The zero-order chi connectivity index (χ0) is 14.9. The molecule has 22 heavy (non-hydrogen) atoms.